The fourth-order valence-electron chi connectivity index (χ4n) is 1.31. The number of hydrogen-bond acceptors (Lipinski definition) is 2. The zero-order chi connectivity index (χ0) is 13.1. The van der Waals surface area contributed by atoms with Crippen LogP contribution in [0.15, 0.2) is 24.3 Å². The molecule has 0 heterocycles. The third-order valence-corrected chi connectivity index (χ3v) is 2.95. The van der Waals surface area contributed by atoms with Crippen molar-refractivity contribution in [1.29, 1.82) is 5.26 Å². The Kier molecular flexibility index (Phi) is 3.90. The van der Waals surface area contributed by atoms with E-state index in [1.54, 1.807) is 24.3 Å². The number of carbonyl (C=O) groups excluding carboxylic acids is 1. The smallest absolute Gasteiger partial charge is 0.227 e. The van der Waals surface area contributed by atoms with E-state index in [2.05, 4.69) is 5.32 Å². The molecule has 3 nitrogen and oxygen atoms in total. The number of anilines is 1. The van der Waals surface area contributed by atoms with Crippen LogP contribution in [0, 0.1) is 22.7 Å². The highest BCUT2D eigenvalue weighted by atomic mass is 16.1. The van der Waals surface area contributed by atoms with Crippen LogP contribution in [0.4, 0.5) is 5.69 Å². The highest BCUT2D eigenvalue weighted by molar-refractivity contribution is 5.92. The van der Waals surface area contributed by atoms with E-state index < -0.39 is 0 Å². The molecule has 1 aromatic rings. The van der Waals surface area contributed by atoms with Gasteiger partial charge in [0.2, 0.25) is 5.91 Å². The van der Waals surface area contributed by atoms with Crippen LogP contribution in [-0.2, 0) is 4.79 Å². The summed E-state index contributed by atoms with van der Waals surface area (Å²) in [7, 11) is 0. The van der Waals surface area contributed by atoms with Crippen molar-refractivity contribution >= 4 is 11.6 Å². The quantitative estimate of drug-likeness (QED) is 0.848. The number of rotatable bonds is 2. The van der Waals surface area contributed by atoms with Crippen molar-refractivity contribution in [3.63, 3.8) is 0 Å². The van der Waals surface area contributed by atoms with Crippen molar-refractivity contribution < 1.29 is 4.79 Å². The fourth-order valence-corrected chi connectivity index (χ4v) is 1.31. The Morgan fingerprint density at radius 2 is 2.06 bits per heavy atom. The summed E-state index contributed by atoms with van der Waals surface area (Å²) < 4.78 is 0. The van der Waals surface area contributed by atoms with Crippen molar-refractivity contribution in [3.05, 3.63) is 29.8 Å². The van der Waals surface area contributed by atoms with Gasteiger partial charge in [-0.05, 0) is 23.6 Å². The molecule has 0 saturated heterocycles. The Morgan fingerprint density at radius 1 is 1.41 bits per heavy atom. The average molecular weight is 230 g/mol. The Bertz CT molecular complexity index is 452. The monoisotopic (exact) mass is 230 g/mol. The molecule has 0 saturated carbocycles. The van der Waals surface area contributed by atoms with E-state index in [-0.39, 0.29) is 17.2 Å². The first kappa shape index (κ1) is 13.2. The Hall–Kier alpha value is -1.82. The van der Waals surface area contributed by atoms with Gasteiger partial charge in [0.05, 0.1) is 11.6 Å². The molecule has 1 rings (SSSR count). The Labute approximate surface area is 102 Å². The number of nitrogens with zero attached hydrogens (tertiary/aromatic N) is 1. The van der Waals surface area contributed by atoms with Gasteiger partial charge in [0.15, 0.2) is 0 Å². The van der Waals surface area contributed by atoms with E-state index in [9.17, 15) is 4.79 Å². The third-order valence-electron chi connectivity index (χ3n) is 2.95. The SMILES string of the molecule is CC(C(=O)Nc1cccc(C#N)c1)C(C)(C)C. The van der Waals surface area contributed by atoms with Crippen molar-refractivity contribution in [2.75, 3.05) is 5.32 Å². The third kappa shape index (κ3) is 3.60. The van der Waals surface area contributed by atoms with Crippen LogP contribution in [0.25, 0.3) is 0 Å². The first-order valence-corrected chi connectivity index (χ1v) is 5.65. The second kappa shape index (κ2) is 5.01. The molecular weight excluding hydrogens is 212 g/mol. The molecular formula is C14H18N2O. The molecule has 0 aliphatic carbocycles. The Morgan fingerprint density at radius 3 is 2.59 bits per heavy atom. The molecule has 0 bridgehead atoms. The Balaban J connectivity index is 2.79. The van der Waals surface area contributed by atoms with Crippen LogP contribution >= 0.6 is 0 Å². The number of nitrogens with one attached hydrogen (secondary N) is 1. The van der Waals surface area contributed by atoms with E-state index in [1.165, 1.54) is 0 Å². The second-order valence-electron chi connectivity index (χ2n) is 5.27. The molecule has 3 heteroatoms. The van der Waals surface area contributed by atoms with Gasteiger partial charge in [-0.2, -0.15) is 5.26 Å². The topological polar surface area (TPSA) is 52.9 Å². The highest BCUT2D eigenvalue weighted by Gasteiger charge is 2.26. The molecule has 0 fully saturated rings. The lowest BCUT2D eigenvalue weighted by molar-refractivity contribution is -0.122. The van der Waals surface area contributed by atoms with Crippen molar-refractivity contribution in [3.8, 4) is 6.07 Å². The second-order valence-corrected chi connectivity index (χ2v) is 5.27. The molecule has 0 aromatic heterocycles. The minimum absolute atomic E-state index is 0.0208. The predicted molar refractivity (Wildman–Crippen MR) is 68.4 cm³/mol. The molecule has 1 unspecified atom stereocenters. The molecule has 90 valence electrons. The lowest BCUT2D eigenvalue weighted by Gasteiger charge is -2.26. The van der Waals surface area contributed by atoms with Gasteiger partial charge in [-0.3, -0.25) is 4.79 Å². The number of hydrogen-bond donors (Lipinski definition) is 1. The van der Waals surface area contributed by atoms with Crippen molar-refractivity contribution in [2.24, 2.45) is 11.3 Å². The van der Waals surface area contributed by atoms with Crippen LogP contribution in [0.3, 0.4) is 0 Å². The van der Waals surface area contributed by atoms with E-state index in [1.807, 2.05) is 33.8 Å². The van der Waals surface area contributed by atoms with E-state index >= 15 is 0 Å². The fraction of sp³-hybridized carbons (Fsp3) is 0.429. The summed E-state index contributed by atoms with van der Waals surface area (Å²) in [5.41, 5.74) is 1.15. The molecule has 1 atom stereocenters. The number of benzene rings is 1. The van der Waals surface area contributed by atoms with Gasteiger partial charge >= 0.3 is 0 Å². The predicted octanol–water partition coefficient (Wildman–Crippen LogP) is 3.18. The molecule has 0 aliphatic heterocycles. The van der Waals surface area contributed by atoms with E-state index in [0.717, 1.165) is 0 Å². The lowest BCUT2D eigenvalue weighted by atomic mass is 9.81. The summed E-state index contributed by atoms with van der Waals surface area (Å²) >= 11 is 0. The summed E-state index contributed by atoms with van der Waals surface area (Å²) in [6, 6.07) is 8.98. The summed E-state index contributed by atoms with van der Waals surface area (Å²) in [6.45, 7) is 8.00. The van der Waals surface area contributed by atoms with Crippen molar-refractivity contribution in [2.45, 2.75) is 27.7 Å². The van der Waals surface area contributed by atoms with Crippen LogP contribution < -0.4 is 5.32 Å². The first-order valence-electron chi connectivity index (χ1n) is 5.65. The maximum absolute atomic E-state index is 12.0. The van der Waals surface area contributed by atoms with Crippen LogP contribution in [0.2, 0.25) is 0 Å². The average Bonchev–Trinajstić information content (AvgIpc) is 2.27. The van der Waals surface area contributed by atoms with Gasteiger partial charge in [0, 0.05) is 11.6 Å². The largest absolute Gasteiger partial charge is 0.326 e. The minimum Gasteiger partial charge on any atom is -0.326 e. The summed E-state index contributed by atoms with van der Waals surface area (Å²) in [4.78, 5) is 12.0. The number of carbonyl (C=O) groups is 1. The van der Waals surface area contributed by atoms with Gasteiger partial charge < -0.3 is 5.32 Å². The van der Waals surface area contributed by atoms with Gasteiger partial charge in [0.1, 0.15) is 0 Å². The molecule has 0 spiro atoms. The molecule has 1 amide bonds. The van der Waals surface area contributed by atoms with Gasteiger partial charge in [-0.15, -0.1) is 0 Å². The van der Waals surface area contributed by atoms with Gasteiger partial charge in [0.25, 0.3) is 0 Å². The normalized spacial score (nSPS) is 12.6. The van der Waals surface area contributed by atoms with E-state index in [0.29, 0.717) is 11.3 Å². The summed E-state index contributed by atoms with van der Waals surface area (Å²) in [5, 5.41) is 11.6. The number of amides is 1. The standard InChI is InChI=1S/C14H18N2O/c1-10(14(2,3)4)13(17)16-12-7-5-6-11(8-12)9-15/h5-8,10H,1-4H3,(H,16,17). The van der Waals surface area contributed by atoms with Crippen LogP contribution in [0.1, 0.15) is 33.3 Å². The maximum Gasteiger partial charge on any atom is 0.227 e. The van der Waals surface area contributed by atoms with Gasteiger partial charge in [-0.1, -0.05) is 33.8 Å². The maximum atomic E-state index is 12.0. The lowest BCUT2D eigenvalue weighted by Crippen LogP contribution is -2.30. The van der Waals surface area contributed by atoms with Crippen molar-refractivity contribution in [1.82, 2.24) is 0 Å². The molecule has 0 radical (unpaired) electrons. The summed E-state index contributed by atoms with van der Waals surface area (Å²) in [5.74, 6) is -0.110. The number of nitriles is 1. The zero-order valence-corrected chi connectivity index (χ0v) is 10.7. The first-order chi connectivity index (χ1) is 7.84. The zero-order valence-electron chi connectivity index (χ0n) is 10.7. The van der Waals surface area contributed by atoms with Crippen LogP contribution in [0.5, 0.6) is 0 Å². The minimum atomic E-state index is -0.0896. The molecule has 0 aliphatic rings. The molecule has 1 N–H and O–H groups in total. The molecule has 1 aromatic carbocycles. The van der Waals surface area contributed by atoms with E-state index in [4.69, 9.17) is 5.26 Å². The highest BCUT2D eigenvalue weighted by Crippen LogP contribution is 2.26. The van der Waals surface area contributed by atoms with Crippen LogP contribution in [-0.4, -0.2) is 5.91 Å². The summed E-state index contributed by atoms with van der Waals surface area (Å²) in [6.07, 6.45) is 0. The van der Waals surface area contributed by atoms with Gasteiger partial charge in [-0.25, -0.2) is 0 Å². The molecule has 17 heavy (non-hydrogen) atoms.